The zero-order valence-corrected chi connectivity index (χ0v) is 11.8. The van der Waals surface area contributed by atoms with Gasteiger partial charge in [-0.15, -0.1) is 0 Å². The summed E-state index contributed by atoms with van der Waals surface area (Å²) in [6.45, 7) is 6.08. The maximum atomic E-state index is 12.1. The maximum absolute atomic E-state index is 12.1. The molecule has 1 rings (SSSR count). The van der Waals surface area contributed by atoms with Crippen LogP contribution in [0.2, 0.25) is 0 Å². The average molecular weight is 259 g/mol. The summed E-state index contributed by atoms with van der Waals surface area (Å²) in [5.41, 5.74) is 1.18. The van der Waals surface area contributed by atoms with E-state index in [0.717, 1.165) is 12.0 Å². The molecule has 1 amide bonds. The number of hydrogen-bond donors (Lipinski definition) is 2. The van der Waals surface area contributed by atoms with E-state index in [1.165, 1.54) is 0 Å². The summed E-state index contributed by atoms with van der Waals surface area (Å²) in [7, 11) is 0. The summed E-state index contributed by atoms with van der Waals surface area (Å²) in [4.78, 5) is 12.1. The molecule has 3 nitrogen and oxygen atoms in total. The van der Waals surface area contributed by atoms with Gasteiger partial charge in [0.25, 0.3) is 5.91 Å². The summed E-state index contributed by atoms with van der Waals surface area (Å²) >= 11 is 0. The first-order valence-corrected chi connectivity index (χ1v) is 6.51. The number of benzene rings is 1. The molecule has 0 heterocycles. The summed E-state index contributed by atoms with van der Waals surface area (Å²) in [6.07, 6.45) is 1.31. The largest absolute Gasteiger partial charge is 0.395 e. The molecule has 3 heteroatoms. The van der Waals surface area contributed by atoms with Crippen LogP contribution in [0.3, 0.4) is 0 Å². The summed E-state index contributed by atoms with van der Waals surface area (Å²) in [5.74, 6) is 5.69. The second-order valence-corrected chi connectivity index (χ2v) is 5.05. The van der Waals surface area contributed by atoms with E-state index in [-0.39, 0.29) is 18.1 Å². The fourth-order valence-electron chi connectivity index (χ4n) is 1.43. The van der Waals surface area contributed by atoms with Crippen LogP contribution in [0.25, 0.3) is 0 Å². The van der Waals surface area contributed by atoms with Crippen LogP contribution in [-0.4, -0.2) is 23.2 Å². The highest BCUT2D eigenvalue weighted by molar-refractivity contribution is 5.95. The molecule has 102 valence electrons. The lowest BCUT2D eigenvalue weighted by Crippen LogP contribution is -2.42. The number of nitrogens with one attached hydrogen (secondary N) is 1. The van der Waals surface area contributed by atoms with E-state index in [9.17, 15) is 4.79 Å². The molecule has 0 aliphatic carbocycles. The minimum absolute atomic E-state index is 0.0534. The molecular weight excluding hydrogens is 238 g/mol. The van der Waals surface area contributed by atoms with Crippen LogP contribution in [0.1, 0.15) is 49.5 Å². The lowest BCUT2D eigenvalue weighted by atomic mass is 10.0. The SMILES string of the molecule is CCC(C)(C)NC(=O)c1cccc(C#CCCO)c1. The monoisotopic (exact) mass is 259 g/mol. The Bertz CT molecular complexity index is 495. The van der Waals surface area contributed by atoms with Crippen molar-refractivity contribution in [1.82, 2.24) is 5.32 Å². The predicted molar refractivity (Wildman–Crippen MR) is 76.9 cm³/mol. The summed E-state index contributed by atoms with van der Waals surface area (Å²) < 4.78 is 0. The Morgan fingerprint density at radius 3 is 2.79 bits per heavy atom. The van der Waals surface area contributed by atoms with Gasteiger partial charge in [0.1, 0.15) is 0 Å². The van der Waals surface area contributed by atoms with Gasteiger partial charge in [-0.25, -0.2) is 0 Å². The van der Waals surface area contributed by atoms with E-state index >= 15 is 0 Å². The molecule has 0 saturated heterocycles. The van der Waals surface area contributed by atoms with E-state index in [0.29, 0.717) is 12.0 Å². The third-order valence-corrected chi connectivity index (χ3v) is 2.93. The minimum atomic E-state index is -0.213. The van der Waals surface area contributed by atoms with Gasteiger partial charge in [0.05, 0.1) is 6.61 Å². The van der Waals surface area contributed by atoms with Gasteiger partial charge in [-0.2, -0.15) is 0 Å². The van der Waals surface area contributed by atoms with Gasteiger partial charge in [0, 0.05) is 23.1 Å². The second-order valence-electron chi connectivity index (χ2n) is 5.05. The van der Waals surface area contributed by atoms with Gasteiger partial charge in [0.2, 0.25) is 0 Å². The second kappa shape index (κ2) is 6.96. The molecule has 0 fully saturated rings. The molecule has 0 saturated carbocycles. The third kappa shape index (κ3) is 5.15. The van der Waals surface area contributed by atoms with E-state index in [4.69, 9.17) is 5.11 Å². The van der Waals surface area contributed by atoms with E-state index in [1.54, 1.807) is 12.1 Å². The quantitative estimate of drug-likeness (QED) is 0.815. The average Bonchev–Trinajstić information content (AvgIpc) is 2.39. The van der Waals surface area contributed by atoms with Gasteiger partial charge in [-0.3, -0.25) is 4.79 Å². The van der Waals surface area contributed by atoms with E-state index < -0.39 is 0 Å². The number of carbonyl (C=O) groups is 1. The van der Waals surface area contributed by atoms with Crippen LogP contribution in [0, 0.1) is 11.8 Å². The highest BCUT2D eigenvalue weighted by atomic mass is 16.2. The van der Waals surface area contributed by atoms with Crippen LogP contribution in [-0.2, 0) is 0 Å². The Balaban J connectivity index is 2.82. The van der Waals surface area contributed by atoms with E-state index in [2.05, 4.69) is 17.2 Å². The van der Waals surface area contributed by atoms with Crippen molar-refractivity contribution in [2.75, 3.05) is 6.61 Å². The van der Waals surface area contributed by atoms with Crippen LogP contribution >= 0.6 is 0 Å². The van der Waals surface area contributed by atoms with Gasteiger partial charge >= 0.3 is 0 Å². The fourth-order valence-corrected chi connectivity index (χ4v) is 1.43. The molecule has 19 heavy (non-hydrogen) atoms. The minimum Gasteiger partial charge on any atom is -0.395 e. The van der Waals surface area contributed by atoms with Crippen LogP contribution < -0.4 is 5.32 Å². The highest BCUT2D eigenvalue weighted by Crippen LogP contribution is 2.10. The smallest absolute Gasteiger partial charge is 0.251 e. The molecule has 0 aromatic heterocycles. The van der Waals surface area contributed by atoms with E-state index in [1.807, 2.05) is 32.9 Å². The molecular formula is C16H21NO2. The van der Waals surface area contributed by atoms with Gasteiger partial charge < -0.3 is 10.4 Å². The molecule has 0 radical (unpaired) electrons. The normalized spacial score (nSPS) is 10.5. The van der Waals surface area contributed by atoms with Gasteiger partial charge in [-0.05, 0) is 38.5 Å². The molecule has 0 atom stereocenters. The summed E-state index contributed by atoms with van der Waals surface area (Å²) in [6, 6.07) is 7.21. The third-order valence-electron chi connectivity index (χ3n) is 2.93. The van der Waals surface area contributed by atoms with Crippen LogP contribution in [0.5, 0.6) is 0 Å². The number of carbonyl (C=O) groups excluding carboxylic acids is 1. The summed E-state index contributed by atoms with van der Waals surface area (Å²) in [5, 5.41) is 11.7. The molecule has 0 bridgehead atoms. The standard InChI is InChI=1S/C16H21NO2/c1-4-16(2,3)17-15(19)14-10-7-9-13(12-14)8-5-6-11-18/h7,9-10,12,18H,4,6,11H2,1-3H3,(H,17,19). The zero-order valence-electron chi connectivity index (χ0n) is 11.8. The fraction of sp³-hybridized carbons (Fsp3) is 0.438. The van der Waals surface area contributed by atoms with Gasteiger partial charge in [-0.1, -0.05) is 24.8 Å². The van der Waals surface area contributed by atoms with Crippen molar-refractivity contribution in [3.8, 4) is 11.8 Å². The van der Waals surface area contributed by atoms with Gasteiger partial charge in [0.15, 0.2) is 0 Å². The Hall–Kier alpha value is -1.79. The van der Waals surface area contributed by atoms with Crippen molar-refractivity contribution in [3.05, 3.63) is 35.4 Å². The lowest BCUT2D eigenvalue weighted by molar-refractivity contribution is 0.0911. The molecule has 0 unspecified atom stereocenters. The molecule has 2 N–H and O–H groups in total. The lowest BCUT2D eigenvalue weighted by Gasteiger charge is -2.24. The number of aliphatic hydroxyl groups excluding tert-OH is 1. The number of hydrogen-bond acceptors (Lipinski definition) is 2. The van der Waals surface area contributed by atoms with Crippen LogP contribution in [0.15, 0.2) is 24.3 Å². The molecule has 0 aliphatic rings. The van der Waals surface area contributed by atoms with Crippen molar-refractivity contribution < 1.29 is 9.90 Å². The molecule has 1 aromatic carbocycles. The number of rotatable bonds is 4. The predicted octanol–water partition coefficient (Wildman–Crippen LogP) is 2.34. The molecule has 1 aromatic rings. The maximum Gasteiger partial charge on any atom is 0.251 e. The first-order valence-electron chi connectivity index (χ1n) is 6.51. The van der Waals surface area contributed by atoms with Crippen molar-refractivity contribution >= 4 is 5.91 Å². The van der Waals surface area contributed by atoms with Crippen molar-refractivity contribution in [2.45, 2.75) is 39.2 Å². The Morgan fingerprint density at radius 1 is 1.42 bits per heavy atom. The van der Waals surface area contributed by atoms with Crippen molar-refractivity contribution in [2.24, 2.45) is 0 Å². The molecule has 0 aliphatic heterocycles. The van der Waals surface area contributed by atoms with Crippen molar-refractivity contribution in [1.29, 1.82) is 0 Å². The number of amides is 1. The number of aliphatic hydroxyl groups is 1. The van der Waals surface area contributed by atoms with Crippen LogP contribution in [0.4, 0.5) is 0 Å². The Kier molecular flexibility index (Phi) is 5.59. The topological polar surface area (TPSA) is 49.3 Å². The molecule has 0 spiro atoms. The zero-order chi connectivity index (χ0) is 14.3. The first-order chi connectivity index (χ1) is 8.98. The Morgan fingerprint density at radius 2 is 2.16 bits per heavy atom. The highest BCUT2D eigenvalue weighted by Gasteiger charge is 2.18. The Labute approximate surface area is 115 Å². The first kappa shape index (κ1) is 15.3. The van der Waals surface area contributed by atoms with Crippen molar-refractivity contribution in [3.63, 3.8) is 0 Å².